The van der Waals surface area contributed by atoms with Crippen molar-refractivity contribution in [1.29, 1.82) is 0 Å². The van der Waals surface area contributed by atoms with Gasteiger partial charge in [0, 0.05) is 39.3 Å². The molecule has 0 aromatic carbocycles. The van der Waals surface area contributed by atoms with Crippen LogP contribution in [0.15, 0.2) is 0 Å². The Morgan fingerprint density at radius 2 is 0.880 bits per heavy atom. The monoisotopic (exact) mass is 417 g/mol. The fourth-order valence-electron chi connectivity index (χ4n) is 2.29. The summed E-state index contributed by atoms with van der Waals surface area (Å²) < 4.78 is 0. The summed E-state index contributed by atoms with van der Waals surface area (Å²) in [6.45, 7) is 10.2. The van der Waals surface area contributed by atoms with E-state index in [9.17, 15) is 20.4 Å². The van der Waals surface area contributed by atoms with Crippen LogP contribution in [0.4, 0.5) is 0 Å². The Hall–Kier alpha value is -0.521. The van der Waals surface area contributed by atoms with Gasteiger partial charge in [-0.1, -0.05) is 0 Å². The second-order valence-corrected chi connectivity index (χ2v) is 6.14. The Morgan fingerprint density at radius 3 is 1.00 bits per heavy atom. The topological polar surface area (TPSA) is 154 Å². The molecule has 0 aromatic rings. The van der Waals surface area contributed by atoms with Gasteiger partial charge in [-0.15, -0.1) is 0 Å². The largest absolute Gasteiger partial charge is 2.00 e. The zero-order chi connectivity index (χ0) is 19.3. The number of aliphatic hydroxyl groups excluding tert-OH is 4. The number of rotatable bonds is 11. The molecule has 0 saturated carbocycles. The van der Waals surface area contributed by atoms with E-state index in [1.54, 1.807) is 27.7 Å². The third kappa shape index (κ3) is 25.8. The molecule has 0 heterocycles. The van der Waals surface area contributed by atoms with E-state index in [1.165, 1.54) is 0 Å². The van der Waals surface area contributed by atoms with Crippen LogP contribution in [0, 0.1) is 15.3 Å². The summed E-state index contributed by atoms with van der Waals surface area (Å²) in [6.07, 6.45) is -1.79. The maximum atomic E-state index is 9.47. The van der Waals surface area contributed by atoms with Crippen LogP contribution in [0.1, 0.15) is 27.7 Å². The van der Waals surface area contributed by atoms with Crippen molar-refractivity contribution < 1.29 is 42.6 Å². The molecule has 0 bridgehead atoms. The van der Waals surface area contributed by atoms with E-state index >= 15 is 0 Å². The molecule has 0 aliphatic rings. The number of hydrogen-bond acceptors (Lipinski definition) is 9. The molecule has 0 spiro atoms. The minimum absolute atomic E-state index is 0. The Labute approximate surface area is 159 Å². The Bertz CT molecular complexity index is 273. The third-order valence-corrected chi connectivity index (χ3v) is 2.82. The van der Waals surface area contributed by atoms with Crippen LogP contribution in [-0.4, -0.2) is 99.0 Å². The van der Waals surface area contributed by atoms with Crippen LogP contribution in [-0.2, 0) is 17.1 Å². The third-order valence-electron chi connectivity index (χ3n) is 2.82. The molecule has 0 amide bonds. The van der Waals surface area contributed by atoms with Gasteiger partial charge in [0.1, 0.15) is 0 Å². The SMILES string of the molecule is CC(O)CN(CCN(CC(C)O)CC(C)O)CC(C)O.O=[N+]([O-])[O-].[Cu+2]. The van der Waals surface area contributed by atoms with Gasteiger partial charge in [0.2, 0.25) is 0 Å². The zero-order valence-corrected chi connectivity index (χ0v) is 16.2. The maximum Gasteiger partial charge on any atom is 2.00 e. The van der Waals surface area contributed by atoms with Gasteiger partial charge >= 0.3 is 17.1 Å². The van der Waals surface area contributed by atoms with E-state index in [1.807, 2.05) is 9.80 Å². The first-order valence-corrected chi connectivity index (χ1v) is 7.92. The standard InChI is InChI=1S/C14H32N2O4.Cu.NO3/c1-11(17)7-15(8-12(2)18)5-6-16(9-13(3)19)10-14(4)20;;2-1(3)4/h11-14,17-20H,5-10H2,1-4H3;;/q;+2;-1. The van der Waals surface area contributed by atoms with E-state index in [0.717, 1.165) is 0 Å². The molecule has 10 nitrogen and oxygen atoms in total. The van der Waals surface area contributed by atoms with Crippen molar-refractivity contribution in [1.82, 2.24) is 9.80 Å². The summed E-state index contributed by atoms with van der Waals surface area (Å²) in [4.78, 5) is 12.2. The van der Waals surface area contributed by atoms with E-state index in [-0.39, 0.29) is 17.1 Å². The van der Waals surface area contributed by atoms with Crippen molar-refractivity contribution in [2.24, 2.45) is 0 Å². The van der Waals surface area contributed by atoms with Crippen LogP contribution < -0.4 is 0 Å². The number of hydrogen-bond donors (Lipinski definition) is 4. The predicted molar refractivity (Wildman–Crippen MR) is 90.0 cm³/mol. The van der Waals surface area contributed by atoms with Crippen LogP contribution in [0.25, 0.3) is 0 Å². The fourth-order valence-corrected chi connectivity index (χ4v) is 2.29. The maximum absolute atomic E-state index is 9.47. The second-order valence-electron chi connectivity index (χ2n) is 6.14. The fraction of sp³-hybridized carbons (Fsp3) is 1.00. The molecular formula is C14H32CuN3O7+. The molecule has 0 rings (SSSR count). The van der Waals surface area contributed by atoms with Gasteiger partial charge < -0.3 is 35.7 Å². The molecule has 1 radical (unpaired) electrons. The van der Waals surface area contributed by atoms with Gasteiger partial charge in [-0.3, -0.25) is 9.80 Å². The van der Waals surface area contributed by atoms with Gasteiger partial charge in [0.05, 0.1) is 29.5 Å². The summed E-state index contributed by atoms with van der Waals surface area (Å²) in [6, 6.07) is 0. The van der Waals surface area contributed by atoms with Crippen molar-refractivity contribution in [3.05, 3.63) is 15.3 Å². The first-order chi connectivity index (χ1) is 10.9. The average Bonchev–Trinajstić information content (AvgIpc) is 2.32. The van der Waals surface area contributed by atoms with Crippen LogP contribution >= 0.6 is 0 Å². The summed E-state index contributed by atoms with van der Waals surface area (Å²) >= 11 is 0. The zero-order valence-electron chi connectivity index (χ0n) is 15.2. The molecule has 0 fully saturated rings. The Kier molecular flexibility index (Phi) is 19.8. The molecule has 0 aromatic heterocycles. The molecule has 0 saturated heterocycles. The van der Waals surface area contributed by atoms with E-state index in [0.29, 0.717) is 39.3 Å². The van der Waals surface area contributed by atoms with E-state index in [2.05, 4.69) is 0 Å². The van der Waals surface area contributed by atoms with Gasteiger partial charge in [-0.25, -0.2) is 0 Å². The second kappa shape index (κ2) is 16.9. The molecule has 11 heteroatoms. The molecule has 25 heavy (non-hydrogen) atoms. The number of aliphatic hydroxyl groups is 4. The molecular weight excluding hydrogens is 386 g/mol. The molecule has 4 N–H and O–H groups in total. The first-order valence-electron chi connectivity index (χ1n) is 7.92. The summed E-state index contributed by atoms with van der Waals surface area (Å²) in [7, 11) is 0. The summed E-state index contributed by atoms with van der Waals surface area (Å²) in [5.41, 5.74) is 0. The van der Waals surface area contributed by atoms with Crippen molar-refractivity contribution in [2.75, 3.05) is 39.3 Å². The van der Waals surface area contributed by atoms with Crippen molar-refractivity contribution >= 4 is 0 Å². The normalized spacial score (nSPS) is 15.6. The molecule has 4 unspecified atom stereocenters. The summed E-state index contributed by atoms with van der Waals surface area (Å²) in [5, 5.41) is 52.6. The van der Waals surface area contributed by atoms with Crippen LogP contribution in [0.5, 0.6) is 0 Å². The quantitative estimate of drug-likeness (QED) is 0.186. The average molecular weight is 418 g/mol. The predicted octanol–water partition coefficient (Wildman–Crippen LogP) is -1.13. The van der Waals surface area contributed by atoms with Crippen molar-refractivity contribution in [2.45, 2.75) is 52.1 Å². The van der Waals surface area contributed by atoms with Gasteiger partial charge in [0.25, 0.3) is 0 Å². The van der Waals surface area contributed by atoms with Crippen LogP contribution in [0.2, 0.25) is 0 Å². The van der Waals surface area contributed by atoms with Gasteiger partial charge in [-0.05, 0) is 27.7 Å². The van der Waals surface area contributed by atoms with Gasteiger partial charge in [-0.2, -0.15) is 0 Å². The van der Waals surface area contributed by atoms with Gasteiger partial charge in [0.15, 0.2) is 0 Å². The van der Waals surface area contributed by atoms with Crippen LogP contribution in [0.3, 0.4) is 0 Å². The van der Waals surface area contributed by atoms with E-state index in [4.69, 9.17) is 15.3 Å². The molecule has 155 valence electrons. The number of nitrogens with zero attached hydrogens (tertiary/aromatic N) is 3. The van der Waals surface area contributed by atoms with Crippen molar-refractivity contribution in [3.8, 4) is 0 Å². The smallest absolute Gasteiger partial charge is 0.392 e. The Morgan fingerprint density at radius 1 is 0.720 bits per heavy atom. The first kappa shape index (κ1) is 29.3. The molecule has 0 aliphatic carbocycles. The minimum atomic E-state index is -1.75. The van der Waals surface area contributed by atoms with Crippen molar-refractivity contribution in [3.63, 3.8) is 0 Å². The Balaban J connectivity index is -0.000000867. The molecule has 4 atom stereocenters. The minimum Gasteiger partial charge on any atom is -0.392 e. The van der Waals surface area contributed by atoms with E-state index < -0.39 is 29.5 Å². The molecule has 0 aliphatic heterocycles. The summed E-state index contributed by atoms with van der Waals surface area (Å²) in [5.74, 6) is 0.